The van der Waals surface area contributed by atoms with E-state index in [2.05, 4.69) is 10.3 Å². The molecule has 210 valence electrons. The van der Waals surface area contributed by atoms with E-state index in [0.29, 0.717) is 24.4 Å². The van der Waals surface area contributed by atoms with Gasteiger partial charge in [0.05, 0.1) is 29.5 Å². The van der Waals surface area contributed by atoms with Crippen molar-refractivity contribution in [3.63, 3.8) is 0 Å². The first-order valence-corrected chi connectivity index (χ1v) is 16.0. The average molecular weight is 594 g/mol. The lowest BCUT2D eigenvalue weighted by molar-refractivity contribution is -0.115. The highest BCUT2D eigenvalue weighted by molar-refractivity contribution is 7.92. The van der Waals surface area contributed by atoms with E-state index in [9.17, 15) is 22.8 Å². The number of thiophene rings is 1. The second kappa shape index (κ2) is 12.5. The Morgan fingerprint density at radius 3 is 2.59 bits per heavy atom. The van der Waals surface area contributed by atoms with E-state index in [4.69, 9.17) is 9.47 Å². The van der Waals surface area contributed by atoms with Crippen LogP contribution < -0.4 is 10.1 Å². The third-order valence-electron chi connectivity index (χ3n) is 6.34. The van der Waals surface area contributed by atoms with Crippen molar-refractivity contribution in [3.8, 4) is 0 Å². The fraction of sp³-hybridized carbons (Fsp3) is 0.462. The minimum absolute atomic E-state index is 0.282. The molecule has 1 N–H and O–H groups in total. The molecule has 2 heterocycles. The molecule has 10 nitrogen and oxygen atoms in total. The third-order valence-corrected chi connectivity index (χ3v) is 9.97. The number of nitrogens with one attached hydrogen (secondary N) is 1. The zero-order valence-electron chi connectivity index (χ0n) is 22.1. The van der Waals surface area contributed by atoms with Gasteiger partial charge in [0, 0.05) is 18.5 Å². The Hall–Kier alpha value is -2.87. The monoisotopic (exact) mass is 593 g/mol. The van der Waals surface area contributed by atoms with E-state index >= 15 is 0 Å². The molecule has 1 aliphatic carbocycles. The van der Waals surface area contributed by atoms with E-state index in [1.165, 1.54) is 29.8 Å². The topological polar surface area (TPSA) is 133 Å². The van der Waals surface area contributed by atoms with Crippen molar-refractivity contribution in [2.24, 2.45) is 4.99 Å². The maximum atomic E-state index is 12.8. The van der Waals surface area contributed by atoms with Crippen LogP contribution in [0.5, 0.6) is 0 Å². The standard InChI is InChI=1S/C26H31N3O7S3/c1-16-9-10-18-20(13-16)38-26(29(18)11-12-35-2)28-22(31)15-39(33,34)14-21(30)27-24-23(25(32)36-3)17-7-5-4-6-8-19(17)37-24/h9-10,13H,4-8,11-12,14-15H2,1-3H3,(H,27,30). The maximum absolute atomic E-state index is 12.8. The lowest BCUT2D eigenvalue weighted by Crippen LogP contribution is -2.28. The summed E-state index contributed by atoms with van der Waals surface area (Å²) in [4.78, 5) is 43.4. The molecule has 1 aromatic carbocycles. The highest BCUT2D eigenvalue weighted by Gasteiger charge is 2.28. The Kier molecular flexibility index (Phi) is 9.36. The van der Waals surface area contributed by atoms with Gasteiger partial charge in [-0.15, -0.1) is 11.3 Å². The van der Waals surface area contributed by atoms with Crippen molar-refractivity contribution in [3.05, 3.63) is 44.6 Å². The summed E-state index contributed by atoms with van der Waals surface area (Å²) in [5, 5.41) is 2.86. The van der Waals surface area contributed by atoms with Crippen molar-refractivity contribution < 1.29 is 32.3 Å². The zero-order valence-corrected chi connectivity index (χ0v) is 24.5. The number of carbonyl (C=O) groups excluding carboxylic acids is 3. The number of methoxy groups -OCH3 is 2. The highest BCUT2D eigenvalue weighted by atomic mass is 32.2. The molecule has 0 atom stereocenters. The van der Waals surface area contributed by atoms with Gasteiger partial charge in [-0.2, -0.15) is 4.99 Å². The fourth-order valence-electron chi connectivity index (χ4n) is 4.55. The molecule has 0 unspecified atom stereocenters. The number of anilines is 1. The van der Waals surface area contributed by atoms with Gasteiger partial charge in [0.1, 0.15) is 16.5 Å². The number of aryl methyl sites for hydroxylation is 2. The van der Waals surface area contributed by atoms with Crippen molar-refractivity contribution >= 4 is 65.5 Å². The maximum Gasteiger partial charge on any atom is 0.341 e. The molecule has 39 heavy (non-hydrogen) atoms. The van der Waals surface area contributed by atoms with Gasteiger partial charge in [0.25, 0.3) is 5.91 Å². The fourth-order valence-corrected chi connectivity index (χ4v) is 8.03. The molecule has 0 aliphatic heterocycles. The van der Waals surface area contributed by atoms with Gasteiger partial charge in [-0.05, 0) is 55.9 Å². The van der Waals surface area contributed by atoms with Crippen LogP contribution in [0.25, 0.3) is 10.2 Å². The number of amides is 2. The molecule has 0 bridgehead atoms. The van der Waals surface area contributed by atoms with Crippen molar-refractivity contribution in [1.82, 2.24) is 4.57 Å². The minimum Gasteiger partial charge on any atom is -0.465 e. The van der Waals surface area contributed by atoms with E-state index < -0.39 is 39.1 Å². The van der Waals surface area contributed by atoms with Crippen LogP contribution in [-0.2, 0) is 48.3 Å². The van der Waals surface area contributed by atoms with Crippen LogP contribution in [-0.4, -0.2) is 63.1 Å². The van der Waals surface area contributed by atoms with Crippen LogP contribution >= 0.6 is 22.7 Å². The molecule has 0 saturated carbocycles. The summed E-state index contributed by atoms with van der Waals surface area (Å²) < 4.78 is 38.4. The Labute approximate surface area is 234 Å². The number of fused-ring (bicyclic) bond motifs is 2. The Bertz CT molecular complexity index is 1580. The van der Waals surface area contributed by atoms with Gasteiger partial charge < -0.3 is 19.4 Å². The highest BCUT2D eigenvalue weighted by Crippen LogP contribution is 2.38. The molecule has 13 heteroatoms. The Balaban J connectivity index is 1.51. The van der Waals surface area contributed by atoms with Crippen molar-refractivity contribution in [2.75, 3.05) is 37.6 Å². The molecule has 0 saturated heterocycles. The quantitative estimate of drug-likeness (QED) is 0.297. The van der Waals surface area contributed by atoms with Gasteiger partial charge in [0.15, 0.2) is 14.6 Å². The van der Waals surface area contributed by atoms with Gasteiger partial charge in [0.2, 0.25) is 5.91 Å². The first-order chi connectivity index (χ1) is 18.6. The van der Waals surface area contributed by atoms with E-state index in [1.54, 1.807) is 7.11 Å². The van der Waals surface area contributed by atoms with Crippen LogP contribution in [0.1, 0.15) is 45.6 Å². The van der Waals surface area contributed by atoms with Crippen LogP contribution in [0, 0.1) is 6.92 Å². The second-order valence-electron chi connectivity index (χ2n) is 9.35. The second-order valence-corrected chi connectivity index (χ2v) is 13.5. The van der Waals surface area contributed by atoms with Gasteiger partial charge in [-0.25, -0.2) is 13.2 Å². The van der Waals surface area contributed by atoms with Gasteiger partial charge in [-0.3, -0.25) is 9.59 Å². The summed E-state index contributed by atoms with van der Waals surface area (Å²) in [7, 11) is -1.29. The molecule has 0 radical (unpaired) electrons. The summed E-state index contributed by atoms with van der Waals surface area (Å²) in [5.74, 6) is -4.08. The third kappa shape index (κ3) is 7.02. The van der Waals surface area contributed by atoms with Crippen molar-refractivity contribution in [1.29, 1.82) is 0 Å². The number of aromatic nitrogens is 1. The van der Waals surface area contributed by atoms with Crippen LogP contribution in [0.3, 0.4) is 0 Å². The molecule has 0 spiro atoms. The Morgan fingerprint density at radius 2 is 1.85 bits per heavy atom. The number of hydrogen-bond donors (Lipinski definition) is 1. The summed E-state index contributed by atoms with van der Waals surface area (Å²) >= 11 is 2.56. The smallest absolute Gasteiger partial charge is 0.341 e. The molecule has 2 aromatic heterocycles. The summed E-state index contributed by atoms with van der Waals surface area (Å²) in [6.07, 6.45) is 4.44. The lowest BCUT2D eigenvalue weighted by atomic mass is 10.1. The predicted molar refractivity (Wildman–Crippen MR) is 151 cm³/mol. The lowest BCUT2D eigenvalue weighted by Gasteiger charge is -2.08. The minimum atomic E-state index is -4.13. The number of rotatable bonds is 9. The number of carbonyl (C=O) groups is 3. The van der Waals surface area contributed by atoms with Crippen molar-refractivity contribution in [2.45, 2.75) is 45.6 Å². The first-order valence-electron chi connectivity index (χ1n) is 12.5. The number of ether oxygens (including phenoxy) is 2. The number of benzene rings is 1. The molecular weight excluding hydrogens is 563 g/mol. The number of sulfone groups is 1. The Morgan fingerprint density at radius 1 is 1.08 bits per heavy atom. The van der Waals surface area contributed by atoms with E-state index in [0.717, 1.165) is 51.9 Å². The summed E-state index contributed by atoms with van der Waals surface area (Å²) in [5.41, 5.74) is 3.06. The zero-order chi connectivity index (χ0) is 28.2. The number of hydrogen-bond acceptors (Lipinski definition) is 9. The van der Waals surface area contributed by atoms with Crippen LogP contribution in [0.2, 0.25) is 0 Å². The normalized spacial score (nSPS) is 14.2. The molecule has 4 rings (SSSR count). The summed E-state index contributed by atoms with van der Waals surface area (Å²) in [6, 6.07) is 5.85. The number of esters is 1. The average Bonchev–Trinajstić information content (AvgIpc) is 3.27. The first kappa shape index (κ1) is 29.1. The largest absolute Gasteiger partial charge is 0.465 e. The van der Waals surface area contributed by atoms with E-state index in [1.807, 2.05) is 29.7 Å². The van der Waals surface area contributed by atoms with E-state index in [-0.39, 0.29) is 10.6 Å². The van der Waals surface area contributed by atoms with Gasteiger partial charge in [-0.1, -0.05) is 23.8 Å². The predicted octanol–water partition coefficient (Wildman–Crippen LogP) is 3.26. The number of nitrogens with zero attached hydrogens (tertiary/aromatic N) is 2. The molecule has 2 amide bonds. The van der Waals surface area contributed by atoms with Gasteiger partial charge >= 0.3 is 5.97 Å². The molecular formula is C26H31N3O7S3. The SMILES string of the molecule is COCCn1c(=NC(=O)CS(=O)(=O)CC(=O)Nc2sc3c(c2C(=O)OC)CCCCC3)sc2cc(C)ccc21. The van der Waals surface area contributed by atoms with Crippen LogP contribution in [0.4, 0.5) is 5.00 Å². The molecule has 1 aliphatic rings. The van der Waals surface area contributed by atoms with Crippen LogP contribution in [0.15, 0.2) is 23.2 Å². The molecule has 3 aromatic rings. The summed E-state index contributed by atoms with van der Waals surface area (Å²) in [6.45, 7) is 2.78. The number of thiazole rings is 1. The molecule has 0 fully saturated rings.